The Balaban J connectivity index is 1.90. The number of fused-ring (bicyclic) bond motifs is 1. The van der Waals surface area contributed by atoms with Gasteiger partial charge in [0.1, 0.15) is 0 Å². The Bertz CT molecular complexity index is 498. The second kappa shape index (κ2) is 5.86. The molecule has 1 amide bonds. The number of para-hydroxylation sites is 1. The number of aryl methyl sites for hydroxylation is 1. The van der Waals surface area contributed by atoms with Crippen molar-refractivity contribution < 1.29 is 4.79 Å². The first-order valence-electron chi connectivity index (χ1n) is 7.98. The van der Waals surface area contributed by atoms with E-state index in [2.05, 4.69) is 23.2 Å². The second-order valence-electron chi connectivity index (χ2n) is 5.93. The van der Waals surface area contributed by atoms with Crippen molar-refractivity contribution in [3.05, 3.63) is 29.3 Å². The minimum absolute atomic E-state index is 0.225. The Hall–Kier alpha value is -1.51. The molecule has 20 heavy (non-hydrogen) atoms. The van der Waals surface area contributed by atoms with Gasteiger partial charge in [-0.3, -0.25) is 4.79 Å². The number of carbonyl (C=O) groups excluding carboxylic acids is 1. The first-order chi connectivity index (χ1) is 9.81. The predicted octanol–water partition coefficient (Wildman–Crippen LogP) is 3.45. The van der Waals surface area contributed by atoms with E-state index in [0.29, 0.717) is 6.04 Å². The van der Waals surface area contributed by atoms with Gasteiger partial charge in [-0.1, -0.05) is 19.1 Å². The monoisotopic (exact) mass is 272 g/mol. The third-order valence-electron chi connectivity index (χ3n) is 4.67. The number of amides is 1. The molecule has 0 spiro atoms. The molecular formula is C17H24N2O. The zero-order valence-electron chi connectivity index (χ0n) is 12.3. The normalized spacial score (nSPS) is 22.1. The molecule has 2 heterocycles. The lowest BCUT2D eigenvalue weighted by molar-refractivity contribution is 0.0609. The van der Waals surface area contributed by atoms with Crippen LogP contribution in [0.4, 0.5) is 5.69 Å². The summed E-state index contributed by atoms with van der Waals surface area (Å²) >= 11 is 0. The Kier molecular flexibility index (Phi) is 3.95. The summed E-state index contributed by atoms with van der Waals surface area (Å²) in [5.41, 5.74) is 3.26. The van der Waals surface area contributed by atoms with Crippen molar-refractivity contribution in [2.45, 2.75) is 51.5 Å². The van der Waals surface area contributed by atoms with Crippen LogP contribution < -0.4 is 5.32 Å². The highest BCUT2D eigenvalue weighted by molar-refractivity contribution is 6.00. The van der Waals surface area contributed by atoms with Crippen LogP contribution in [0.25, 0.3) is 0 Å². The quantitative estimate of drug-likeness (QED) is 0.894. The maximum absolute atomic E-state index is 12.9. The van der Waals surface area contributed by atoms with Crippen molar-refractivity contribution in [3.8, 4) is 0 Å². The molecule has 3 rings (SSSR count). The predicted molar refractivity (Wildman–Crippen MR) is 82.2 cm³/mol. The summed E-state index contributed by atoms with van der Waals surface area (Å²) in [5.74, 6) is 0.225. The fraction of sp³-hybridized carbons (Fsp3) is 0.588. The molecule has 1 atom stereocenters. The van der Waals surface area contributed by atoms with E-state index in [4.69, 9.17) is 0 Å². The molecule has 3 nitrogen and oxygen atoms in total. The zero-order valence-corrected chi connectivity index (χ0v) is 12.3. The van der Waals surface area contributed by atoms with Crippen molar-refractivity contribution in [1.29, 1.82) is 0 Å². The minimum Gasteiger partial charge on any atom is -0.384 e. The molecule has 1 fully saturated rings. The first kappa shape index (κ1) is 13.5. The molecule has 1 N–H and O–H groups in total. The van der Waals surface area contributed by atoms with Gasteiger partial charge < -0.3 is 10.2 Å². The summed E-state index contributed by atoms with van der Waals surface area (Å²) in [6.07, 6.45) is 6.86. The summed E-state index contributed by atoms with van der Waals surface area (Å²) in [6, 6.07) is 6.59. The maximum atomic E-state index is 12.9. The van der Waals surface area contributed by atoms with Crippen LogP contribution in [0, 0.1) is 0 Å². The van der Waals surface area contributed by atoms with Gasteiger partial charge in [0, 0.05) is 19.1 Å². The van der Waals surface area contributed by atoms with Crippen LogP contribution in [0.1, 0.15) is 54.9 Å². The van der Waals surface area contributed by atoms with Gasteiger partial charge in [-0.25, -0.2) is 0 Å². The second-order valence-corrected chi connectivity index (χ2v) is 5.93. The lowest BCUT2D eigenvalue weighted by Crippen LogP contribution is -2.43. The number of carbonyl (C=O) groups is 1. The Morgan fingerprint density at radius 1 is 1.35 bits per heavy atom. The van der Waals surface area contributed by atoms with Gasteiger partial charge in [0.15, 0.2) is 0 Å². The van der Waals surface area contributed by atoms with Crippen molar-refractivity contribution in [1.82, 2.24) is 4.90 Å². The van der Waals surface area contributed by atoms with E-state index in [0.717, 1.165) is 56.4 Å². The third kappa shape index (κ3) is 2.41. The summed E-state index contributed by atoms with van der Waals surface area (Å²) in [5, 5.41) is 3.44. The SMILES string of the molecule is CCC1CCCCN1C(=O)c1cccc2c1NCCC2. The molecule has 1 aromatic rings. The summed E-state index contributed by atoms with van der Waals surface area (Å²) in [4.78, 5) is 15.0. The highest BCUT2D eigenvalue weighted by atomic mass is 16.2. The highest BCUT2D eigenvalue weighted by Gasteiger charge is 2.28. The lowest BCUT2D eigenvalue weighted by Gasteiger charge is -2.36. The highest BCUT2D eigenvalue weighted by Crippen LogP contribution is 2.29. The largest absolute Gasteiger partial charge is 0.384 e. The van der Waals surface area contributed by atoms with E-state index in [-0.39, 0.29) is 5.91 Å². The van der Waals surface area contributed by atoms with Crippen LogP contribution in [0.5, 0.6) is 0 Å². The van der Waals surface area contributed by atoms with E-state index in [9.17, 15) is 4.79 Å². The zero-order chi connectivity index (χ0) is 13.9. The lowest BCUT2D eigenvalue weighted by atomic mass is 9.95. The van der Waals surface area contributed by atoms with Gasteiger partial charge in [-0.2, -0.15) is 0 Å². The number of anilines is 1. The number of rotatable bonds is 2. The van der Waals surface area contributed by atoms with Gasteiger partial charge >= 0.3 is 0 Å². The van der Waals surface area contributed by atoms with Gasteiger partial charge in [0.2, 0.25) is 0 Å². The van der Waals surface area contributed by atoms with Crippen molar-refractivity contribution in [2.24, 2.45) is 0 Å². The Morgan fingerprint density at radius 2 is 2.25 bits per heavy atom. The third-order valence-corrected chi connectivity index (χ3v) is 4.67. The fourth-order valence-corrected chi connectivity index (χ4v) is 3.53. The number of hydrogen-bond donors (Lipinski definition) is 1. The summed E-state index contributed by atoms with van der Waals surface area (Å²) in [7, 11) is 0. The number of benzene rings is 1. The standard InChI is InChI=1S/C17H24N2O/c1-2-14-9-3-4-12-19(14)17(20)15-10-5-7-13-8-6-11-18-16(13)15/h5,7,10,14,18H,2-4,6,8-9,11-12H2,1H3. The molecule has 1 unspecified atom stereocenters. The molecule has 1 aromatic carbocycles. The van der Waals surface area contributed by atoms with Crippen molar-refractivity contribution in [3.63, 3.8) is 0 Å². The van der Waals surface area contributed by atoms with Crippen LogP contribution >= 0.6 is 0 Å². The molecule has 0 bridgehead atoms. The van der Waals surface area contributed by atoms with Gasteiger partial charge in [-0.05, 0) is 50.2 Å². The van der Waals surface area contributed by atoms with E-state index < -0.39 is 0 Å². The fourth-order valence-electron chi connectivity index (χ4n) is 3.53. The molecule has 3 heteroatoms. The van der Waals surface area contributed by atoms with Crippen LogP contribution in [0.15, 0.2) is 18.2 Å². The molecule has 0 radical (unpaired) electrons. The Morgan fingerprint density at radius 3 is 3.10 bits per heavy atom. The average Bonchev–Trinajstić information content (AvgIpc) is 2.53. The summed E-state index contributed by atoms with van der Waals surface area (Å²) < 4.78 is 0. The maximum Gasteiger partial charge on any atom is 0.256 e. The van der Waals surface area contributed by atoms with E-state index in [1.807, 2.05) is 12.1 Å². The van der Waals surface area contributed by atoms with Crippen molar-refractivity contribution >= 4 is 11.6 Å². The molecule has 2 aliphatic rings. The van der Waals surface area contributed by atoms with E-state index in [1.54, 1.807) is 0 Å². The van der Waals surface area contributed by atoms with Crippen LogP contribution in [-0.2, 0) is 6.42 Å². The number of nitrogens with one attached hydrogen (secondary N) is 1. The molecule has 0 saturated carbocycles. The molecule has 108 valence electrons. The number of likely N-dealkylation sites (tertiary alicyclic amines) is 1. The summed E-state index contributed by atoms with van der Waals surface area (Å²) in [6.45, 7) is 4.09. The smallest absolute Gasteiger partial charge is 0.256 e. The molecule has 2 aliphatic heterocycles. The van der Waals surface area contributed by atoms with E-state index >= 15 is 0 Å². The molecule has 0 aliphatic carbocycles. The molecule has 0 aromatic heterocycles. The first-order valence-corrected chi connectivity index (χ1v) is 7.98. The number of piperidine rings is 1. The van der Waals surface area contributed by atoms with Crippen LogP contribution in [0.3, 0.4) is 0 Å². The average molecular weight is 272 g/mol. The van der Waals surface area contributed by atoms with E-state index in [1.165, 1.54) is 12.0 Å². The molecular weight excluding hydrogens is 248 g/mol. The van der Waals surface area contributed by atoms with Gasteiger partial charge in [0.25, 0.3) is 5.91 Å². The minimum atomic E-state index is 0.225. The molecule has 1 saturated heterocycles. The number of hydrogen-bond acceptors (Lipinski definition) is 2. The topological polar surface area (TPSA) is 32.3 Å². The Labute approximate surface area is 121 Å². The van der Waals surface area contributed by atoms with Crippen LogP contribution in [0.2, 0.25) is 0 Å². The van der Waals surface area contributed by atoms with Crippen LogP contribution in [-0.4, -0.2) is 29.9 Å². The van der Waals surface area contributed by atoms with Gasteiger partial charge in [-0.15, -0.1) is 0 Å². The van der Waals surface area contributed by atoms with Gasteiger partial charge in [0.05, 0.1) is 11.3 Å². The number of nitrogens with zero attached hydrogens (tertiary/aromatic N) is 1. The van der Waals surface area contributed by atoms with Crippen molar-refractivity contribution in [2.75, 3.05) is 18.4 Å².